The lowest BCUT2D eigenvalue weighted by Crippen LogP contribution is -2.50. The number of rotatable bonds is 3. The highest BCUT2D eigenvalue weighted by atomic mass is 79.9. The predicted molar refractivity (Wildman–Crippen MR) is 114 cm³/mol. The maximum absolute atomic E-state index is 12.2. The molecule has 2 N–H and O–H groups in total. The SMILES string of the molecule is CC(C)(C)OC(=O)N1CCN(c2nc(-c3ccc(Br)cc3)c(C(N)=O)s2)CC1. The van der Waals surface area contributed by atoms with Crippen LogP contribution in [0.3, 0.4) is 0 Å². The fourth-order valence-electron chi connectivity index (χ4n) is 2.82. The molecule has 2 aromatic rings. The van der Waals surface area contributed by atoms with Gasteiger partial charge in [0, 0.05) is 36.2 Å². The summed E-state index contributed by atoms with van der Waals surface area (Å²) in [5.41, 5.74) is 6.50. The summed E-state index contributed by atoms with van der Waals surface area (Å²) in [6.07, 6.45) is -0.306. The van der Waals surface area contributed by atoms with Gasteiger partial charge < -0.3 is 20.3 Å². The minimum atomic E-state index is -0.514. The van der Waals surface area contributed by atoms with Crippen LogP contribution in [0.2, 0.25) is 0 Å². The van der Waals surface area contributed by atoms with Crippen LogP contribution in [-0.2, 0) is 4.74 Å². The number of benzene rings is 1. The van der Waals surface area contributed by atoms with Crippen molar-refractivity contribution in [3.05, 3.63) is 33.6 Å². The minimum Gasteiger partial charge on any atom is -0.444 e. The number of nitrogens with zero attached hydrogens (tertiary/aromatic N) is 3. The Bertz CT molecular complexity index is 868. The average molecular weight is 467 g/mol. The Morgan fingerprint density at radius 3 is 2.29 bits per heavy atom. The molecule has 9 heteroatoms. The molecule has 0 bridgehead atoms. The molecule has 150 valence electrons. The molecule has 7 nitrogen and oxygen atoms in total. The zero-order chi connectivity index (χ0) is 20.5. The summed E-state index contributed by atoms with van der Waals surface area (Å²) < 4.78 is 6.38. The molecular weight excluding hydrogens is 444 g/mol. The fraction of sp³-hybridized carbons (Fsp3) is 0.421. The average Bonchev–Trinajstić information content (AvgIpc) is 3.07. The molecule has 1 saturated heterocycles. The van der Waals surface area contributed by atoms with Crippen molar-refractivity contribution >= 4 is 44.4 Å². The van der Waals surface area contributed by atoms with Crippen molar-refractivity contribution in [2.75, 3.05) is 31.1 Å². The molecule has 0 radical (unpaired) electrons. The molecule has 1 aromatic carbocycles. The van der Waals surface area contributed by atoms with Gasteiger partial charge in [0.05, 0.1) is 5.69 Å². The molecule has 0 aliphatic carbocycles. The summed E-state index contributed by atoms with van der Waals surface area (Å²) in [6, 6.07) is 7.60. The predicted octanol–water partition coefficient (Wildman–Crippen LogP) is 3.73. The van der Waals surface area contributed by atoms with Crippen molar-refractivity contribution in [2.24, 2.45) is 5.73 Å². The molecule has 1 aliphatic heterocycles. The number of primary amides is 1. The monoisotopic (exact) mass is 466 g/mol. The molecule has 1 aliphatic rings. The van der Waals surface area contributed by atoms with Gasteiger partial charge in [0.2, 0.25) is 0 Å². The van der Waals surface area contributed by atoms with E-state index in [4.69, 9.17) is 10.5 Å². The molecule has 1 fully saturated rings. The van der Waals surface area contributed by atoms with Gasteiger partial charge in [-0.2, -0.15) is 0 Å². The molecule has 2 heterocycles. The Morgan fingerprint density at radius 1 is 1.14 bits per heavy atom. The first kappa shape index (κ1) is 20.6. The van der Waals surface area contributed by atoms with E-state index in [0.717, 1.165) is 15.2 Å². The normalized spacial score (nSPS) is 14.9. The maximum Gasteiger partial charge on any atom is 0.410 e. The molecule has 0 saturated carbocycles. The Hall–Kier alpha value is -2.13. The lowest BCUT2D eigenvalue weighted by molar-refractivity contribution is 0.0240. The summed E-state index contributed by atoms with van der Waals surface area (Å²) in [4.78, 5) is 33.0. The second kappa shape index (κ2) is 8.08. The van der Waals surface area contributed by atoms with Crippen LogP contribution in [0.1, 0.15) is 30.4 Å². The smallest absolute Gasteiger partial charge is 0.410 e. The third kappa shape index (κ3) is 4.82. The van der Waals surface area contributed by atoms with Crippen LogP contribution in [0, 0.1) is 0 Å². The second-order valence-corrected chi connectivity index (χ2v) is 9.39. The number of carbonyl (C=O) groups excluding carboxylic acids is 2. The topological polar surface area (TPSA) is 88.8 Å². The van der Waals surface area contributed by atoms with Crippen LogP contribution in [0.25, 0.3) is 11.3 Å². The Labute approximate surface area is 176 Å². The number of anilines is 1. The van der Waals surface area contributed by atoms with Crippen molar-refractivity contribution < 1.29 is 14.3 Å². The lowest BCUT2D eigenvalue weighted by atomic mass is 10.1. The zero-order valence-electron chi connectivity index (χ0n) is 16.1. The molecule has 2 amide bonds. The number of piperazine rings is 1. The molecular formula is C19H23BrN4O3S. The fourth-order valence-corrected chi connectivity index (χ4v) is 4.08. The Balaban J connectivity index is 1.75. The number of amides is 2. The van der Waals surface area contributed by atoms with Crippen LogP contribution in [0.4, 0.5) is 9.93 Å². The van der Waals surface area contributed by atoms with E-state index in [-0.39, 0.29) is 6.09 Å². The van der Waals surface area contributed by atoms with Gasteiger partial charge in [-0.25, -0.2) is 9.78 Å². The first-order valence-corrected chi connectivity index (χ1v) is 10.5. The van der Waals surface area contributed by atoms with Crippen LogP contribution in [0.15, 0.2) is 28.7 Å². The molecule has 1 aromatic heterocycles. The van der Waals surface area contributed by atoms with E-state index in [0.29, 0.717) is 36.8 Å². The Kier molecular flexibility index (Phi) is 5.95. The van der Waals surface area contributed by atoms with Crippen molar-refractivity contribution in [3.8, 4) is 11.3 Å². The first-order valence-electron chi connectivity index (χ1n) is 8.93. The van der Waals surface area contributed by atoms with Gasteiger partial charge in [0.25, 0.3) is 5.91 Å². The Morgan fingerprint density at radius 2 is 1.75 bits per heavy atom. The highest BCUT2D eigenvalue weighted by Crippen LogP contribution is 2.34. The van der Waals surface area contributed by atoms with Crippen molar-refractivity contribution in [3.63, 3.8) is 0 Å². The van der Waals surface area contributed by atoms with Crippen molar-refractivity contribution in [1.29, 1.82) is 0 Å². The minimum absolute atomic E-state index is 0.306. The van der Waals surface area contributed by atoms with Crippen molar-refractivity contribution in [1.82, 2.24) is 9.88 Å². The summed E-state index contributed by atoms with van der Waals surface area (Å²) in [5, 5.41) is 0.732. The number of thiazole rings is 1. The second-order valence-electron chi connectivity index (χ2n) is 7.50. The van der Waals surface area contributed by atoms with E-state index in [2.05, 4.69) is 25.8 Å². The molecule has 0 spiro atoms. The van der Waals surface area contributed by atoms with Gasteiger partial charge >= 0.3 is 6.09 Å². The summed E-state index contributed by atoms with van der Waals surface area (Å²) in [6.45, 7) is 7.86. The van der Waals surface area contributed by atoms with E-state index >= 15 is 0 Å². The van der Waals surface area contributed by atoms with E-state index < -0.39 is 11.5 Å². The molecule has 0 unspecified atom stereocenters. The number of nitrogens with two attached hydrogens (primary N) is 1. The number of carbonyl (C=O) groups is 2. The van der Waals surface area contributed by atoms with E-state index in [9.17, 15) is 9.59 Å². The van der Waals surface area contributed by atoms with Gasteiger partial charge in [-0.05, 0) is 32.9 Å². The van der Waals surface area contributed by atoms with Gasteiger partial charge in [0.15, 0.2) is 5.13 Å². The van der Waals surface area contributed by atoms with Crippen LogP contribution < -0.4 is 10.6 Å². The van der Waals surface area contributed by atoms with Crippen LogP contribution in [-0.4, -0.2) is 53.7 Å². The molecule has 0 atom stereocenters. The zero-order valence-corrected chi connectivity index (χ0v) is 18.5. The number of hydrogen-bond donors (Lipinski definition) is 1. The van der Waals surface area contributed by atoms with Gasteiger partial charge in [-0.1, -0.05) is 39.4 Å². The maximum atomic E-state index is 12.2. The molecule has 28 heavy (non-hydrogen) atoms. The number of aromatic nitrogens is 1. The number of halogens is 1. The number of hydrogen-bond acceptors (Lipinski definition) is 6. The van der Waals surface area contributed by atoms with Crippen molar-refractivity contribution in [2.45, 2.75) is 26.4 Å². The largest absolute Gasteiger partial charge is 0.444 e. The quantitative estimate of drug-likeness (QED) is 0.743. The third-order valence-electron chi connectivity index (χ3n) is 4.16. The highest BCUT2D eigenvalue weighted by Gasteiger charge is 2.28. The summed E-state index contributed by atoms with van der Waals surface area (Å²) >= 11 is 4.70. The third-order valence-corrected chi connectivity index (χ3v) is 5.82. The molecule has 3 rings (SSSR count). The highest BCUT2D eigenvalue weighted by molar-refractivity contribution is 9.10. The van der Waals surface area contributed by atoms with E-state index in [1.807, 2.05) is 45.0 Å². The first-order chi connectivity index (χ1) is 13.1. The van der Waals surface area contributed by atoms with Crippen LogP contribution in [0.5, 0.6) is 0 Å². The number of ether oxygens (including phenoxy) is 1. The lowest BCUT2D eigenvalue weighted by Gasteiger charge is -2.35. The summed E-state index contributed by atoms with van der Waals surface area (Å²) in [5.74, 6) is -0.492. The van der Waals surface area contributed by atoms with Gasteiger partial charge in [-0.15, -0.1) is 0 Å². The van der Waals surface area contributed by atoms with Crippen LogP contribution >= 0.6 is 27.3 Å². The van der Waals surface area contributed by atoms with E-state index in [1.54, 1.807) is 4.90 Å². The van der Waals surface area contributed by atoms with Gasteiger partial charge in [0.1, 0.15) is 10.5 Å². The van der Waals surface area contributed by atoms with Gasteiger partial charge in [-0.3, -0.25) is 4.79 Å². The summed E-state index contributed by atoms with van der Waals surface area (Å²) in [7, 11) is 0. The standard InChI is InChI=1S/C19H23BrN4O3S/c1-19(2,3)27-18(26)24-10-8-23(9-11-24)17-22-14(15(28-17)16(21)25)12-4-6-13(20)7-5-12/h4-7H,8-11H2,1-3H3,(H2,21,25). The van der Waals surface area contributed by atoms with E-state index in [1.165, 1.54) is 11.3 Å².